The maximum Gasteiger partial charge on any atom is 0.333 e. The van der Waals surface area contributed by atoms with Crippen LogP contribution < -0.4 is 16.2 Å². The Morgan fingerprint density at radius 3 is 2.23 bits per heavy atom. The lowest BCUT2D eigenvalue weighted by molar-refractivity contribution is -0.0137. The molecule has 6 heteroatoms. The molecule has 0 spiro atoms. The van der Waals surface area contributed by atoms with Gasteiger partial charge in [0, 0.05) is 5.54 Å². The quantitative estimate of drug-likeness (QED) is 0.734. The fraction of sp³-hybridized carbons (Fsp3) is 0.625. The maximum atomic E-state index is 12.2. The van der Waals surface area contributed by atoms with Crippen molar-refractivity contribution in [1.29, 1.82) is 0 Å². The zero-order valence-electron chi connectivity index (χ0n) is 12.4. The number of hydrazine groups is 1. The van der Waals surface area contributed by atoms with Gasteiger partial charge in [-0.25, -0.2) is 10.2 Å². The number of nitrogens with one attached hydrogen (secondary N) is 3. The predicted molar refractivity (Wildman–Crippen MR) is 84.4 cm³/mol. The number of hydrogen-bond acceptors (Lipinski definition) is 3. The molecule has 4 aliphatic carbocycles. The van der Waals surface area contributed by atoms with E-state index in [9.17, 15) is 9.59 Å². The van der Waals surface area contributed by atoms with Crippen LogP contribution >= 0.6 is 11.3 Å². The highest BCUT2D eigenvalue weighted by Gasteiger charge is 2.51. The molecule has 0 atom stereocenters. The van der Waals surface area contributed by atoms with Crippen molar-refractivity contribution in [1.82, 2.24) is 16.2 Å². The summed E-state index contributed by atoms with van der Waals surface area (Å²) in [6.07, 6.45) is 7.34. The van der Waals surface area contributed by atoms with Gasteiger partial charge in [0.15, 0.2) is 0 Å². The predicted octanol–water partition coefficient (Wildman–Crippen LogP) is 2.66. The number of carbonyl (C=O) groups is 2. The number of amides is 3. The third-order valence-electron chi connectivity index (χ3n) is 5.45. The number of hydrogen-bond donors (Lipinski definition) is 3. The van der Waals surface area contributed by atoms with Crippen LogP contribution in [0.25, 0.3) is 0 Å². The molecule has 0 saturated heterocycles. The Kier molecular flexibility index (Phi) is 3.36. The van der Waals surface area contributed by atoms with Crippen molar-refractivity contribution < 1.29 is 9.59 Å². The highest BCUT2D eigenvalue weighted by Crippen LogP contribution is 2.55. The number of thiophene rings is 1. The maximum absolute atomic E-state index is 12.2. The molecule has 0 unspecified atom stereocenters. The number of rotatable bonds is 2. The Bertz CT molecular complexity index is 549. The van der Waals surface area contributed by atoms with Gasteiger partial charge in [0.25, 0.3) is 5.91 Å². The van der Waals surface area contributed by atoms with Gasteiger partial charge < -0.3 is 5.32 Å². The van der Waals surface area contributed by atoms with E-state index in [2.05, 4.69) is 16.2 Å². The summed E-state index contributed by atoms with van der Waals surface area (Å²) in [5, 5.41) is 5.00. The molecule has 4 saturated carbocycles. The first-order valence-corrected chi connectivity index (χ1v) is 8.92. The van der Waals surface area contributed by atoms with E-state index in [1.165, 1.54) is 30.6 Å². The van der Waals surface area contributed by atoms with E-state index in [0.29, 0.717) is 4.88 Å². The van der Waals surface area contributed by atoms with Gasteiger partial charge in [-0.05, 0) is 67.7 Å². The molecular weight excluding hydrogens is 298 g/mol. The van der Waals surface area contributed by atoms with Gasteiger partial charge in [-0.3, -0.25) is 10.2 Å². The standard InChI is InChI=1S/C16H21N3O2S/c20-14(13-2-1-3-22-13)18-19-15(21)17-16-7-10-4-11(8-16)6-12(5-10)9-16/h1-3,10-12H,4-9H2,(H,18,20)(H2,17,19,21). The first-order chi connectivity index (χ1) is 10.6. The van der Waals surface area contributed by atoms with E-state index in [-0.39, 0.29) is 17.5 Å². The molecule has 4 fully saturated rings. The van der Waals surface area contributed by atoms with Crippen molar-refractivity contribution in [3.63, 3.8) is 0 Å². The van der Waals surface area contributed by atoms with Crippen LogP contribution in [0.15, 0.2) is 17.5 Å². The Hall–Kier alpha value is -1.56. The Labute approximate surface area is 133 Å². The molecule has 3 amide bonds. The molecule has 1 aromatic heterocycles. The minimum atomic E-state index is -0.285. The molecule has 4 bridgehead atoms. The van der Waals surface area contributed by atoms with Crippen LogP contribution in [-0.2, 0) is 0 Å². The average Bonchev–Trinajstić information content (AvgIpc) is 2.97. The molecule has 3 N–H and O–H groups in total. The van der Waals surface area contributed by atoms with E-state index in [1.54, 1.807) is 6.07 Å². The lowest BCUT2D eigenvalue weighted by Crippen LogP contribution is -2.62. The van der Waals surface area contributed by atoms with Gasteiger partial charge in [-0.15, -0.1) is 11.3 Å². The number of urea groups is 1. The molecule has 118 valence electrons. The Morgan fingerprint density at radius 1 is 1.05 bits per heavy atom. The van der Waals surface area contributed by atoms with Crippen LogP contribution in [0.5, 0.6) is 0 Å². The minimum Gasteiger partial charge on any atom is -0.331 e. The summed E-state index contributed by atoms with van der Waals surface area (Å²) in [5.74, 6) is 2.09. The molecule has 1 heterocycles. The van der Waals surface area contributed by atoms with Crippen molar-refractivity contribution in [3.8, 4) is 0 Å². The van der Waals surface area contributed by atoms with Crippen LogP contribution in [0.2, 0.25) is 0 Å². The van der Waals surface area contributed by atoms with E-state index >= 15 is 0 Å². The Morgan fingerprint density at radius 2 is 1.68 bits per heavy atom. The van der Waals surface area contributed by atoms with E-state index in [0.717, 1.165) is 37.0 Å². The fourth-order valence-corrected chi connectivity index (χ4v) is 5.74. The van der Waals surface area contributed by atoms with Crippen molar-refractivity contribution in [2.45, 2.75) is 44.1 Å². The summed E-state index contributed by atoms with van der Waals surface area (Å²) in [5.41, 5.74) is 4.94. The highest BCUT2D eigenvalue weighted by molar-refractivity contribution is 7.12. The topological polar surface area (TPSA) is 70.2 Å². The molecule has 4 aliphatic rings. The van der Waals surface area contributed by atoms with E-state index in [4.69, 9.17) is 0 Å². The zero-order valence-corrected chi connectivity index (χ0v) is 13.2. The first kappa shape index (κ1) is 14.1. The van der Waals surface area contributed by atoms with Gasteiger partial charge in [-0.2, -0.15) is 0 Å². The lowest BCUT2D eigenvalue weighted by atomic mass is 9.53. The van der Waals surface area contributed by atoms with Crippen LogP contribution in [0.1, 0.15) is 48.2 Å². The van der Waals surface area contributed by atoms with Gasteiger partial charge in [0.2, 0.25) is 0 Å². The molecule has 0 aliphatic heterocycles. The molecule has 0 radical (unpaired) electrons. The van der Waals surface area contributed by atoms with Crippen LogP contribution in [-0.4, -0.2) is 17.5 Å². The highest BCUT2D eigenvalue weighted by atomic mass is 32.1. The molecule has 5 rings (SSSR count). The smallest absolute Gasteiger partial charge is 0.331 e. The molecule has 1 aromatic rings. The second kappa shape index (κ2) is 5.26. The molecular formula is C16H21N3O2S. The first-order valence-electron chi connectivity index (χ1n) is 8.04. The third-order valence-corrected chi connectivity index (χ3v) is 6.32. The lowest BCUT2D eigenvalue weighted by Gasteiger charge is -2.56. The average molecular weight is 319 g/mol. The van der Waals surface area contributed by atoms with Crippen molar-refractivity contribution in [3.05, 3.63) is 22.4 Å². The van der Waals surface area contributed by atoms with Crippen molar-refractivity contribution >= 4 is 23.3 Å². The van der Waals surface area contributed by atoms with Crippen molar-refractivity contribution in [2.24, 2.45) is 17.8 Å². The summed E-state index contributed by atoms with van der Waals surface area (Å²) < 4.78 is 0. The summed E-state index contributed by atoms with van der Waals surface area (Å²) in [6, 6.07) is 3.26. The molecule has 22 heavy (non-hydrogen) atoms. The van der Waals surface area contributed by atoms with Gasteiger partial charge in [0.1, 0.15) is 0 Å². The van der Waals surface area contributed by atoms with Gasteiger partial charge in [0.05, 0.1) is 4.88 Å². The summed E-state index contributed by atoms with van der Waals surface area (Å²) in [7, 11) is 0. The minimum absolute atomic E-state index is 0.0352. The zero-order chi connectivity index (χ0) is 15.2. The monoisotopic (exact) mass is 319 g/mol. The van der Waals surface area contributed by atoms with Crippen LogP contribution in [0.4, 0.5) is 4.79 Å². The van der Waals surface area contributed by atoms with E-state index < -0.39 is 0 Å². The summed E-state index contributed by atoms with van der Waals surface area (Å²) in [4.78, 5) is 24.6. The second-order valence-electron chi connectivity index (χ2n) is 7.21. The largest absolute Gasteiger partial charge is 0.333 e. The SMILES string of the molecule is O=C(NNC(=O)c1cccs1)NC12CC3CC(CC(C3)C1)C2. The summed E-state index contributed by atoms with van der Waals surface area (Å²) >= 11 is 1.35. The number of carbonyl (C=O) groups excluding carboxylic acids is 2. The molecule has 0 aromatic carbocycles. The normalized spacial score (nSPS) is 35.2. The molecule has 5 nitrogen and oxygen atoms in total. The van der Waals surface area contributed by atoms with Gasteiger partial charge in [-0.1, -0.05) is 6.07 Å². The van der Waals surface area contributed by atoms with Crippen molar-refractivity contribution in [2.75, 3.05) is 0 Å². The van der Waals surface area contributed by atoms with E-state index in [1.807, 2.05) is 11.4 Å². The second-order valence-corrected chi connectivity index (χ2v) is 8.16. The third kappa shape index (κ3) is 2.60. The Balaban J connectivity index is 1.33. The van der Waals surface area contributed by atoms with Crippen LogP contribution in [0.3, 0.4) is 0 Å². The van der Waals surface area contributed by atoms with Gasteiger partial charge >= 0.3 is 6.03 Å². The summed E-state index contributed by atoms with van der Waals surface area (Å²) in [6.45, 7) is 0. The van der Waals surface area contributed by atoms with Crippen LogP contribution in [0, 0.1) is 17.8 Å². The fourth-order valence-electron chi connectivity index (χ4n) is 5.12.